The standard InChI is InChI=1S/C13H20N2O3/c1-2-17-8-7-15-9-11-3-5-12(6-4-11)18-10-13(14)16/h3-6,15H,2,7-10H2,1H3,(H2,14,16). The molecule has 0 aliphatic carbocycles. The third-order valence-electron chi connectivity index (χ3n) is 2.26. The highest BCUT2D eigenvalue weighted by atomic mass is 16.5. The lowest BCUT2D eigenvalue weighted by atomic mass is 10.2. The topological polar surface area (TPSA) is 73.6 Å². The smallest absolute Gasteiger partial charge is 0.255 e. The second-order valence-corrected chi connectivity index (χ2v) is 3.77. The molecule has 3 N–H and O–H groups in total. The third-order valence-corrected chi connectivity index (χ3v) is 2.26. The van der Waals surface area contributed by atoms with E-state index in [1.807, 2.05) is 31.2 Å². The molecule has 5 nitrogen and oxygen atoms in total. The van der Waals surface area contributed by atoms with Crippen LogP contribution in [0, 0.1) is 0 Å². The Kier molecular flexibility index (Phi) is 6.83. The second kappa shape index (κ2) is 8.49. The lowest BCUT2D eigenvalue weighted by Crippen LogP contribution is -2.20. The first-order valence-electron chi connectivity index (χ1n) is 6.01. The Morgan fingerprint density at radius 3 is 2.67 bits per heavy atom. The lowest BCUT2D eigenvalue weighted by molar-refractivity contribution is -0.119. The van der Waals surface area contributed by atoms with Crippen LogP contribution in [0.3, 0.4) is 0 Å². The Morgan fingerprint density at radius 1 is 1.33 bits per heavy atom. The maximum Gasteiger partial charge on any atom is 0.255 e. The first-order valence-corrected chi connectivity index (χ1v) is 6.01. The molecule has 1 amide bonds. The average molecular weight is 252 g/mol. The molecular formula is C13H20N2O3. The van der Waals surface area contributed by atoms with E-state index in [1.54, 1.807) is 0 Å². The van der Waals surface area contributed by atoms with Crippen LogP contribution in [0.25, 0.3) is 0 Å². The monoisotopic (exact) mass is 252 g/mol. The van der Waals surface area contributed by atoms with Gasteiger partial charge in [0.15, 0.2) is 6.61 Å². The molecular weight excluding hydrogens is 232 g/mol. The Balaban J connectivity index is 2.25. The van der Waals surface area contributed by atoms with Gasteiger partial charge in [0.25, 0.3) is 5.91 Å². The molecule has 0 aliphatic rings. The molecule has 18 heavy (non-hydrogen) atoms. The van der Waals surface area contributed by atoms with Gasteiger partial charge in [0.2, 0.25) is 0 Å². The number of benzene rings is 1. The number of hydrogen-bond acceptors (Lipinski definition) is 4. The zero-order valence-corrected chi connectivity index (χ0v) is 10.6. The van der Waals surface area contributed by atoms with Gasteiger partial charge in [-0.1, -0.05) is 12.1 Å². The van der Waals surface area contributed by atoms with Crippen molar-refractivity contribution in [3.63, 3.8) is 0 Å². The summed E-state index contributed by atoms with van der Waals surface area (Å²) < 4.78 is 10.4. The van der Waals surface area contributed by atoms with Crippen molar-refractivity contribution in [1.82, 2.24) is 5.32 Å². The van der Waals surface area contributed by atoms with Gasteiger partial charge in [-0.2, -0.15) is 0 Å². The summed E-state index contributed by atoms with van der Waals surface area (Å²) in [7, 11) is 0. The molecule has 0 spiro atoms. The Labute approximate surface area is 107 Å². The van der Waals surface area contributed by atoms with Gasteiger partial charge in [0.1, 0.15) is 5.75 Å². The van der Waals surface area contributed by atoms with Gasteiger partial charge in [-0.15, -0.1) is 0 Å². The minimum Gasteiger partial charge on any atom is -0.484 e. The summed E-state index contributed by atoms with van der Waals surface area (Å²) in [6.45, 7) is 4.96. The summed E-state index contributed by atoms with van der Waals surface area (Å²) in [5.41, 5.74) is 6.14. The molecule has 1 aromatic carbocycles. The van der Waals surface area contributed by atoms with Crippen LogP contribution in [0.15, 0.2) is 24.3 Å². The van der Waals surface area contributed by atoms with Gasteiger partial charge in [-0.3, -0.25) is 4.79 Å². The molecule has 0 fully saturated rings. The molecule has 0 aromatic heterocycles. The van der Waals surface area contributed by atoms with Crippen LogP contribution >= 0.6 is 0 Å². The number of ether oxygens (including phenoxy) is 2. The first-order chi connectivity index (χ1) is 8.72. The molecule has 0 heterocycles. The SMILES string of the molecule is CCOCCNCc1ccc(OCC(N)=O)cc1. The van der Waals surface area contributed by atoms with Crippen molar-refractivity contribution in [2.24, 2.45) is 5.73 Å². The molecule has 100 valence electrons. The van der Waals surface area contributed by atoms with Gasteiger partial charge >= 0.3 is 0 Å². The van der Waals surface area contributed by atoms with Gasteiger partial charge in [0, 0.05) is 19.7 Å². The van der Waals surface area contributed by atoms with E-state index in [-0.39, 0.29) is 6.61 Å². The molecule has 0 aliphatic heterocycles. The average Bonchev–Trinajstić information content (AvgIpc) is 2.37. The highest BCUT2D eigenvalue weighted by Gasteiger charge is 1.98. The minimum absolute atomic E-state index is 0.0913. The van der Waals surface area contributed by atoms with Crippen molar-refractivity contribution < 1.29 is 14.3 Å². The largest absolute Gasteiger partial charge is 0.484 e. The fourth-order valence-electron chi connectivity index (χ4n) is 1.38. The third kappa shape index (κ3) is 6.22. The van der Waals surface area contributed by atoms with Crippen molar-refractivity contribution in [3.05, 3.63) is 29.8 Å². The van der Waals surface area contributed by atoms with Gasteiger partial charge in [-0.05, 0) is 24.6 Å². The Morgan fingerprint density at radius 2 is 2.06 bits per heavy atom. The fourth-order valence-corrected chi connectivity index (χ4v) is 1.38. The molecule has 0 saturated carbocycles. The number of carbonyl (C=O) groups is 1. The minimum atomic E-state index is -0.475. The van der Waals surface area contributed by atoms with Crippen molar-refractivity contribution >= 4 is 5.91 Å². The van der Waals surface area contributed by atoms with E-state index in [0.29, 0.717) is 5.75 Å². The van der Waals surface area contributed by atoms with Crippen LogP contribution in [0.2, 0.25) is 0 Å². The van der Waals surface area contributed by atoms with Crippen LogP contribution in [0.5, 0.6) is 5.75 Å². The maximum absolute atomic E-state index is 10.5. The molecule has 0 radical (unpaired) electrons. The van der Waals surface area contributed by atoms with Crippen LogP contribution < -0.4 is 15.8 Å². The second-order valence-electron chi connectivity index (χ2n) is 3.77. The van der Waals surface area contributed by atoms with E-state index < -0.39 is 5.91 Å². The predicted molar refractivity (Wildman–Crippen MR) is 69.3 cm³/mol. The van der Waals surface area contributed by atoms with Gasteiger partial charge in [-0.25, -0.2) is 0 Å². The van der Waals surface area contributed by atoms with Crippen LogP contribution in [-0.4, -0.2) is 32.3 Å². The molecule has 1 rings (SSSR count). The van der Waals surface area contributed by atoms with E-state index in [2.05, 4.69) is 5.32 Å². The van der Waals surface area contributed by atoms with Gasteiger partial charge in [0.05, 0.1) is 6.61 Å². The molecule has 0 saturated heterocycles. The molecule has 1 aromatic rings. The number of carbonyl (C=O) groups excluding carboxylic acids is 1. The molecule has 0 bridgehead atoms. The Hall–Kier alpha value is -1.59. The van der Waals surface area contributed by atoms with E-state index >= 15 is 0 Å². The number of nitrogens with one attached hydrogen (secondary N) is 1. The van der Waals surface area contributed by atoms with Crippen molar-refractivity contribution in [2.75, 3.05) is 26.4 Å². The Bertz CT molecular complexity index is 352. The quantitative estimate of drug-likeness (QED) is 0.634. The van der Waals surface area contributed by atoms with E-state index in [9.17, 15) is 4.79 Å². The predicted octanol–water partition coefficient (Wildman–Crippen LogP) is 0.677. The number of hydrogen-bond donors (Lipinski definition) is 2. The highest BCUT2D eigenvalue weighted by molar-refractivity contribution is 5.75. The fraction of sp³-hybridized carbons (Fsp3) is 0.462. The summed E-state index contributed by atoms with van der Waals surface area (Å²) >= 11 is 0. The van der Waals surface area contributed by atoms with Gasteiger partial charge < -0.3 is 20.5 Å². The highest BCUT2D eigenvalue weighted by Crippen LogP contribution is 2.11. The van der Waals surface area contributed by atoms with E-state index in [1.165, 1.54) is 0 Å². The number of amides is 1. The molecule has 0 atom stereocenters. The van der Waals surface area contributed by atoms with Crippen LogP contribution in [0.1, 0.15) is 12.5 Å². The lowest BCUT2D eigenvalue weighted by Gasteiger charge is -2.07. The number of rotatable bonds is 9. The summed E-state index contributed by atoms with van der Waals surface area (Å²) in [5, 5.41) is 3.27. The first kappa shape index (κ1) is 14.5. The summed E-state index contributed by atoms with van der Waals surface area (Å²) in [6, 6.07) is 7.54. The summed E-state index contributed by atoms with van der Waals surface area (Å²) in [4.78, 5) is 10.5. The zero-order chi connectivity index (χ0) is 13.2. The summed E-state index contributed by atoms with van der Waals surface area (Å²) in [6.07, 6.45) is 0. The molecule has 0 unspecified atom stereocenters. The molecule has 5 heteroatoms. The van der Waals surface area contributed by atoms with E-state index in [0.717, 1.165) is 31.9 Å². The van der Waals surface area contributed by atoms with Crippen molar-refractivity contribution in [2.45, 2.75) is 13.5 Å². The van der Waals surface area contributed by atoms with Crippen LogP contribution in [0.4, 0.5) is 0 Å². The van der Waals surface area contributed by atoms with Crippen molar-refractivity contribution in [1.29, 1.82) is 0 Å². The maximum atomic E-state index is 10.5. The zero-order valence-electron chi connectivity index (χ0n) is 10.6. The number of primary amides is 1. The normalized spacial score (nSPS) is 10.3. The summed E-state index contributed by atoms with van der Waals surface area (Å²) in [5.74, 6) is 0.170. The van der Waals surface area contributed by atoms with Crippen molar-refractivity contribution in [3.8, 4) is 5.75 Å². The van der Waals surface area contributed by atoms with Crippen LogP contribution in [-0.2, 0) is 16.1 Å². The van der Waals surface area contributed by atoms with E-state index in [4.69, 9.17) is 15.2 Å². The number of nitrogens with two attached hydrogens (primary N) is 1.